The topological polar surface area (TPSA) is 50.4 Å². The maximum absolute atomic E-state index is 5.84. The molecule has 2 fully saturated rings. The van der Waals surface area contributed by atoms with Crippen LogP contribution in [0.25, 0.3) is 0 Å². The van der Waals surface area contributed by atoms with E-state index in [0.29, 0.717) is 0 Å². The zero-order valence-electron chi connectivity index (χ0n) is 11.6. The number of hydrogen-bond acceptors (Lipinski definition) is 4. The predicted molar refractivity (Wildman–Crippen MR) is 72.0 cm³/mol. The van der Waals surface area contributed by atoms with Gasteiger partial charge in [0.1, 0.15) is 11.9 Å². The summed E-state index contributed by atoms with van der Waals surface area (Å²) in [4.78, 5) is 10.2. The van der Waals surface area contributed by atoms with Gasteiger partial charge >= 0.3 is 0 Å². The third-order valence-corrected chi connectivity index (χ3v) is 4.04. The summed E-state index contributed by atoms with van der Waals surface area (Å²) >= 11 is 0. The zero-order chi connectivity index (χ0) is 13.1. The lowest BCUT2D eigenvalue weighted by Gasteiger charge is -2.35. The molecule has 1 aromatic rings. The molecule has 0 radical (unpaired) electrons. The number of aromatic nitrogens is 2. The highest BCUT2D eigenvalue weighted by Crippen LogP contribution is 2.22. The maximum Gasteiger partial charge on any atom is 0.136 e. The normalized spacial score (nSPS) is 26.7. The highest BCUT2D eigenvalue weighted by atomic mass is 16.5. The second-order valence-corrected chi connectivity index (χ2v) is 5.63. The van der Waals surface area contributed by atoms with E-state index in [1.807, 2.05) is 13.1 Å². The van der Waals surface area contributed by atoms with Crippen molar-refractivity contribution in [2.75, 3.05) is 39.5 Å². The van der Waals surface area contributed by atoms with E-state index in [9.17, 15) is 0 Å². The van der Waals surface area contributed by atoms with Crippen LogP contribution in [-0.4, -0.2) is 54.3 Å². The molecule has 3 heterocycles. The van der Waals surface area contributed by atoms with Crippen LogP contribution in [0.15, 0.2) is 6.20 Å². The van der Waals surface area contributed by atoms with Crippen LogP contribution in [0.4, 0.5) is 0 Å². The summed E-state index contributed by atoms with van der Waals surface area (Å²) < 4.78 is 11.3. The first-order valence-corrected chi connectivity index (χ1v) is 7.24. The Balaban J connectivity index is 1.55. The fourth-order valence-corrected chi connectivity index (χ4v) is 2.92. The van der Waals surface area contributed by atoms with Gasteiger partial charge in [-0.05, 0) is 25.7 Å². The van der Waals surface area contributed by atoms with Gasteiger partial charge in [0.05, 0.1) is 6.61 Å². The van der Waals surface area contributed by atoms with Crippen LogP contribution >= 0.6 is 0 Å². The largest absolute Gasteiger partial charge is 0.381 e. The van der Waals surface area contributed by atoms with E-state index in [-0.39, 0.29) is 6.10 Å². The molecule has 2 aliphatic rings. The lowest BCUT2D eigenvalue weighted by Crippen LogP contribution is -2.42. The van der Waals surface area contributed by atoms with Gasteiger partial charge in [-0.25, -0.2) is 4.98 Å². The average Bonchev–Trinajstić information content (AvgIpc) is 2.87. The van der Waals surface area contributed by atoms with Gasteiger partial charge in [0.15, 0.2) is 0 Å². The van der Waals surface area contributed by atoms with Gasteiger partial charge in [-0.1, -0.05) is 0 Å². The minimum absolute atomic E-state index is 0.0993. The number of H-pyrrole nitrogens is 1. The number of nitrogens with zero attached hydrogens (tertiary/aromatic N) is 2. The summed E-state index contributed by atoms with van der Waals surface area (Å²) in [6, 6.07) is 0. The van der Waals surface area contributed by atoms with Gasteiger partial charge in [-0.3, -0.25) is 4.90 Å². The Bertz CT molecular complexity index is 401. The van der Waals surface area contributed by atoms with Crippen LogP contribution in [0, 0.1) is 12.8 Å². The van der Waals surface area contributed by atoms with Gasteiger partial charge in [-0.15, -0.1) is 0 Å². The summed E-state index contributed by atoms with van der Waals surface area (Å²) in [6.07, 6.45) is 4.36. The second kappa shape index (κ2) is 6.03. The monoisotopic (exact) mass is 265 g/mol. The molecule has 0 amide bonds. The number of rotatable bonds is 3. The third kappa shape index (κ3) is 3.35. The van der Waals surface area contributed by atoms with E-state index in [4.69, 9.17) is 9.47 Å². The van der Waals surface area contributed by atoms with Gasteiger partial charge in [0.2, 0.25) is 0 Å². The molecule has 0 unspecified atom stereocenters. The van der Waals surface area contributed by atoms with E-state index in [0.717, 1.165) is 50.3 Å². The molecular formula is C14H23N3O2. The fourth-order valence-electron chi connectivity index (χ4n) is 2.92. The Morgan fingerprint density at radius 1 is 1.37 bits per heavy atom. The lowest BCUT2D eigenvalue weighted by molar-refractivity contribution is -0.0445. The van der Waals surface area contributed by atoms with Crippen molar-refractivity contribution >= 4 is 0 Å². The summed E-state index contributed by atoms with van der Waals surface area (Å²) in [5.41, 5.74) is 1.10. The predicted octanol–water partition coefficient (Wildman–Crippen LogP) is 1.52. The van der Waals surface area contributed by atoms with Crippen molar-refractivity contribution in [3.05, 3.63) is 17.7 Å². The molecular weight excluding hydrogens is 242 g/mol. The Hall–Kier alpha value is -0.910. The van der Waals surface area contributed by atoms with E-state index < -0.39 is 0 Å². The van der Waals surface area contributed by atoms with Crippen molar-refractivity contribution in [3.8, 4) is 0 Å². The molecule has 1 atom stereocenters. The minimum atomic E-state index is 0.0993. The molecule has 0 saturated carbocycles. The van der Waals surface area contributed by atoms with Crippen molar-refractivity contribution in [1.29, 1.82) is 0 Å². The maximum atomic E-state index is 5.84. The van der Waals surface area contributed by atoms with Gasteiger partial charge < -0.3 is 14.5 Å². The van der Waals surface area contributed by atoms with Gasteiger partial charge in [0, 0.05) is 44.7 Å². The molecule has 5 nitrogen and oxygen atoms in total. The summed E-state index contributed by atoms with van der Waals surface area (Å²) in [7, 11) is 0. The number of nitrogens with one attached hydrogen (secondary N) is 1. The zero-order valence-corrected chi connectivity index (χ0v) is 11.6. The molecule has 2 saturated heterocycles. The first-order chi connectivity index (χ1) is 9.31. The average molecular weight is 265 g/mol. The van der Waals surface area contributed by atoms with Crippen molar-refractivity contribution in [2.45, 2.75) is 25.9 Å². The SMILES string of the molecule is Cc1cnc([C@H]2CN(CC3CCOCC3)CCO2)[nH]1. The molecule has 0 bridgehead atoms. The Kier molecular flexibility index (Phi) is 4.15. The lowest BCUT2D eigenvalue weighted by atomic mass is 9.99. The van der Waals surface area contributed by atoms with Crippen molar-refractivity contribution in [2.24, 2.45) is 5.92 Å². The van der Waals surface area contributed by atoms with E-state index in [1.54, 1.807) is 0 Å². The quantitative estimate of drug-likeness (QED) is 0.900. The molecule has 0 spiro atoms. The molecule has 19 heavy (non-hydrogen) atoms. The van der Waals surface area contributed by atoms with E-state index >= 15 is 0 Å². The third-order valence-electron chi connectivity index (χ3n) is 4.04. The van der Waals surface area contributed by atoms with Crippen LogP contribution in [0.3, 0.4) is 0 Å². The molecule has 1 aromatic heterocycles. The van der Waals surface area contributed by atoms with Crippen LogP contribution in [0.2, 0.25) is 0 Å². The van der Waals surface area contributed by atoms with E-state index in [2.05, 4.69) is 14.9 Å². The summed E-state index contributed by atoms with van der Waals surface area (Å²) in [5, 5.41) is 0. The molecule has 2 aliphatic heterocycles. The summed E-state index contributed by atoms with van der Waals surface area (Å²) in [5.74, 6) is 1.75. The van der Waals surface area contributed by atoms with Crippen LogP contribution in [0.5, 0.6) is 0 Å². The van der Waals surface area contributed by atoms with Crippen molar-refractivity contribution in [3.63, 3.8) is 0 Å². The molecule has 0 aromatic carbocycles. The number of ether oxygens (including phenoxy) is 2. The molecule has 5 heteroatoms. The summed E-state index contributed by atoms with van der Waals surface area (Å²) in [6.45, 7) is 7.83. The number of imidazole rings is 1. The highest BCUT2D eigenvalue weighted by Gasteiger charge is 2.26. The van der Waals surface area contributed by atoms with Crippen molar-refractivity contribution < 1.29 is 9.47 Å². The fraction of sp³-hybridized carbons (Fsp3) is 0.786. The standard InChI is InChI=1S/C14H23N3O2/c1-11-8-15-14(16-11)13-10-17(4-7-19-13)9-12-2-5-18-6-3-12/h8,12-13H,2-7,9-10H2,1H3,(H,15,16)/t13-/m1/s1. The Labute approximate surface area is 114 Å². The van der Waals surface area contributed by atoms with Crippen LogP contribution in [-0.2, 0) is 9.47 Å². The smallest absolute Gasteiger partial charge is 0.136 e. The Morgan fingerprint density at radius 2 is 2.21 bits per heavy atom. The van der Waals surface area contributed by atoms with Crippen molar-refractivity contribution in [1.82, 2.24) is 14.9 Å². The van der Waals surface area contributed by atoms with Gasteiger partial charge in [0.25, 0.3) is 0 Å². The molecule has 106 valence electrons. The first-order valence-electron chi connectivity index (χ1n) is 7.24. The number of aromatic amines is 1. The van der Waals surface area contributed by atoms with Gasteiger partial charge in [-0.2, -0.15) is 0 Å². The first kappa shape index (κ1) is 13.1. The van der Waals surface area contributed by atoms with Crippen LogP contribution < -0.4 is 0 Å². The molecule has 0 aliphatic carbocycles. The second-order valence-electron chi connectivity index (χ2n) is 5.63. The molecule has 1 N–H and O–H groups in total. The molecule has 3 rings (SSSR count). The van der Waals surface area contributed by atoms with Crippen LogP contribution in [0.1, 0.15) is 30.5 Å². The highest BCUT2D eigenvalue weighted by molar-refractivity contribution is 5.02. The number of aryl methyl sites for hydroxylation is 1. The number of hydrogen-bond donors (Lipinski definition) is 1. The number of morpholine rings is 1. The minimum Gasteiger partial charge on any atom is -0.381 e. The van der Waals surface area contributed by atoms with E-state index in [1.165, 1.54) is 19.4 Å². The Morgan fingerprint density at radius 3 is 2.95 bits per heavy atom.